The summed E-state index contributed by atoms with van der Waals surface area (Å²) in [7, 11) is 1.29. The molecule has 1 saturated carbocycles. The number of nitro groups is 1. The Bertz CT molecular complexity index is 927. The van der Waals surface area contributed by atoms with Crippen molar-refractivity contribution in [2.75, 3.05) is 17.7 Å². The molecule has 0 aliphatic heterocycles. The summed E-state index contributed by atoms with van der Waals surface area (Å²) in [6.07, 6.45) is 1.56. The normalized spacial score (nSPS) is 13.0. The first-order valence-electron chi connectivity index (χ1n) is 8.13. The number of nitrogens with zero attached hydrogens (tertiary/aromatic N) is 1. The summed E-state index contributed by atoms with van der Waals surface area (Å²) >= 11 is 0. The quantitative estimate of drug-likeness (QED) is 0.596. The number of amides is 2. The molecule has 140 valence electrons. The topological polar surface area (TPSA) is 111 Å². The van der Waals surface area contributed by atoms with Crippen LogP contribution in [0.4, 0.5) is 21.5 Å². The van der Waals surface area contributed by atoms with Crippen LogP contribution in [0.2, 0.25) is 0 Å². The van der Waals surface area contributed by atoms with Gasteiger partial charge in [0.1, 0.15) is 5.82 Å². The van der Waals surface area contributed by atoms with Crippen molar-refractivity contribution in [2.24, 2.45) is 5.92 Å². The molecule has 1 fully saturated rings. The van der Waals surface area contributed by atoms with Crippen molar-refractivity contribution in [1.82, 2.24) is 0 Å². The molecule has 0 atom stereocenters. The van der Waals surface area contributed by atoms with Gasteiger partial charge < -0.3 is 15.4 Å². The second-order valence-corrected chi connectivity index (χ2v) is 6.06. The minimum atomic E-state index is -0.654. The number of carbonyl (C=O) groups is 2. The second kappa shape index (κ2) is 7.40. The van der Waals surface area contributed by atoms with E-state index in [1.54, 1.807) is 0 Å². The van der Waals surface area contributed by atoms with Crippen LogP contribution in [0.1, 0.15) is 23.2 Å². The van der Waals surface area contributed by atoms with Crippen molar-refractivity contribution in [1.29, 1.82) is 0 Å². The minimum Gasteiger partial charge on any atom is -0.490 e. The Morgan fingerprint density at radius 3 is 2.56 bits per heavy atom. The van der Waals surface area contributed by atoms with E-state index in [0.717, 1.165) is 25.0 Å². The molecule has 0 aromatic heterocycles. The molecule has 0 saturated heterocycles. The summed E-state index contributed by atoms with van der Waals surface area (Å²) in [5.41, 5.74) is -0.103. The third-order valence-electron chi connectivity index (χ3n) is 4.07. The first-order chi connectivity index (χ1) is 12.9. The predicted octanol–water partition coefficient (Wildman–Crippen LogP) is 3.34. The number of halogens is 1. The third kappa shape index (κ3) is 4.20. The van der Waals surface area contributed by atoms with E-state index in [0.29, 0.717) is 0 Å². The van der Waals surface area contributed by atoms with E-state index >= 15 is 0 Å². The lowest BCUT2D eigenvalue weighted by molar-refractivity contribution is -0.385. The molecule has 8 nitrogen and oxygen atoms in total. The Labute approximate surface area is 153 Å². The molecule has 1 aliphatic rings. The molecular weight excluding hydrogens is 357 g/mol. The number of carbonyl (C=O) groups excluding carboxylic acids is 2. The predicted molar refractivity (Wildman–Crippen MR) is 95.4 cm³/mol. The van der Waals surface area contributed by atoms with E-state index in [1.165, 1.54) is 31.4 Å². The van der Waals surface area contributed by atoms with Crippen LogP contribution >= 0.6 is 0 Å². The monoisotopic (exact) mass is 373 g/mol. The Morgan fingerprint density at radius 2 is 1.93 bits per heavy atom. The van der Waals surface area contributed by atoms with Crippen LogP contribution in [0, 0.1) is 21.8 Å². The molecule has 0 unspecified atom stereocenters. The lowest BCUT2D eigenvalue weighted by atomic mass is 10.1. The van der Waals surface area contributed by atoms with E-state index in [2.05, 4.69) is 10.6 Å². The zero-order valence-corrected chi connectivity index (χ0v) is 14.3. The summed E-state index contributed by atoms with van der Waals surface area (Å²) in [6, 6.07) is 7.53. The van der Waals surface area contributed by atoms with Gasteiger partial charge >= 0.3 is 5.69 Å². The Morgan fingerprint density at radius 1 is 1.19 bits per heavy atom. The molecule has 9 heteroatoms. The van der Waals surface area contributed by atoms with Crippen LogP contribution in [-0.2, 0) is 4.79 Å². The van der Waals surface area contributed by atoms with Crippen molar-refractivity contribution in [2.45, 2.75) is 12.8 Å². The van der Waals surface area contributed by atoms with E-state index < -0.39 is 16.6 Å². The fourth-order valence-electron chi connectivity index (χ4n) is 2.46. The van der Waals surface area contributed by atoms with Crippen molar-refractivity contribution in [3.63, 3.8) is 0 Å². The third-order valence-corrected chi connectivity index (χ3v) is 4.07. The molecule has 0 radical (unpaired) electrons. The van der Waals surface area contributed by atoms with Crippen LogP contribution < -0.4 is 15.4 Å². The van der Waals surface area contributed by atoms with Crippen LogP contribution in [0.25, 0.3) is 0 Å². The number of ether oxygens (including phenoxy) is 1. The Hall–Kier alpha value is -3.49. The van der Waals surface area contributed by atoms with Gasteiger partial charge in [-0.2, -0.15) is 0 Å². The molecule has 0 heterocycles. The Kier molecular flexibility index (Phi) is 5.02. The van der Waals surface area contributed by atoms with Crippen LogP contribution in [0.3, 0.4) is 0 Å². The highest BCUT2D eigenvalue weighted by atomic mass is 19.1. The highest BCUT2D eigenvalue weighted by Gasteiger charge is 2.30. The summed E-state index contributed by atoms with van der Waals surface area (Å²) in [6.45, 7) is 0. The summed E-state index contributed by atoms with van der Waals surface area (Å²) < 4.78 is 18.8. The van der Waals surface area contributed by atoms with Gasteiger partial charge in [-0.1, -0.05) is 0 Å². The van der Waals surface area contributed by atoms with E-state index in [-0.39, 0.29) is 40.2 Å². The molecule has 0 spiro atoms. The maximum Gasteiger partial charge on any atom is 0.311 e. The minimum absolute atomic E-state index is 0.0309. The smallest absolute Gasteiger partial charge is 0.311 e. The molecule has 2 amide bonds. The summed E-state index contributed by atoms with van der Waals surface area (Å²) in [5.74, 6) is -1.57. The number of hydrogen-bond donors (Lipinski definition) is 2. The Balaban J connectivity index is 1.78. The van der Waals surface area contributed by atoms with Crippen molar-refractivity contribution in [3.8, 4) is 5.75 Å². The largest absolute Gasteiger partial charge is 0.490 e. The number of benzene rings is 2. The maximum absolute atomic E-state index is 13.9. The highest BCUT2D eigenvalue weighted by molar-refractivity contribution is 6.05. The molecule has 27 heavy (non-hydrogen) atoms. The average Bonchev–Trinajstić information content (AvgIpc) is 3.49. The number of nitrogens with one attached hydrogen (secondary N) is 2. The van der Waals surface area contributed by atoms with Crippen molar-refractivity contribution >= 4 is 28.9 Å². The van der Waals surface area contributed by atoms with Crippen molar-refractivity contribution in [3.05, 3.63) is 57.9 Å². The molecule has 2 aromatic carbocycles. The first kappa shape index (κ1) is 18.3. The van der Waals surface area contributed by atoms with Gasteiger partial charge in [-0.25, -0.2) is 4.39 Å². The number of nitro benzene ring substituents is 1. The lowest BCUT2D eigenvalue weighted by Crippen LogP contribution is -2.16. The molecular formula is C18H16FN3O5. The van der Waals surface area contributed by atoms with E-state index in [1.807, 2.05) is 0 Å². The van der Waals surface area contributed by atoms with Gasteiger partial charge in [0.25, 0.3) is 5.91 Å². The van der Waals surface area contributed by atoms with Crippen molar-refractivity contribution < 1.29 is 23.6 Å². The number of hydrogen-bond acceptors (Lipinski definition) is 5. The number of rotatable bonds is 6. The number of anilines is 2. The molecule has 2 N–H and O–H groups in total. The van der Waals surface area contributed by atoms with Crippen LogP contribution in [0.15, 0.2) is 36.4 Å². The van der Waals surface area contributed by atoms with Gasteiger partial charge in [-0.15, -0.1) is 0 Å². The maximum atomic E-state index is 13.9. The number of methoxy groups -OCH3 is 1. The fraction of sp³-hybridized carbons (Fsp3) is 0.222. The van der Waals surface area contributed by atoms with Crippen LogP contribution in [0.5, 0.6) is 5.75 Å². The van der Waals surface area contributed by atoms with Gasteiger partial charge in [0.05, 0.1) is 17.7 Å². The van der Waals surface area contributed by atoms with Gasteiger partial charge in [-0.3, -0.25) is 19.7 Å². The molecule has 3 rings (SSSR count). The standard InChI is InChI=1S/C18H16FN3O5/c1-27-16-7-4-11(8-15(16)22(25)26)18(24)20-12-5-6-13(19)14(9-12)21-17(23)10-2-3-10/h4-10H,2-3H2,1H3,(H,20,24)(H,21,23). The molecule has 1 aliphatic carbocycles. The fourth-order valence-corrected chi connectivity index (χ4v) is 2.46. The van der Waals surface area contributed by atoms with Gasteiger partial charge in [0.2, 0.25) is 5.91 Å². The van der Waals surface area contributed by atoms with E-state index in [9.17, 15) is 24.1 Å². The van der Waals surface area contributed by atoms with Gasteiger partial charge in [0.15, 0.2) is 5.75 Å². The highest BCUT2D eigenvalue weighted by Crippen LogP contribution is 2.31. The van der Waals surface area contributed by atoms with E-state index in [4.69, 9.17) is 4.74 Å². The van der Waals surface area contributed by atoms with Crippen LogP contribution in [-0.4, -0.2) is 23.8 Å². The van der Waals surface area contributed by atoms with Gasteiger partial charge in [-0.05, 0) is 43.2 Å². The summed E-state index contributed by atoms with van der Waals surface area (Å²) in [5, 5.41) is 16.1. The lowest BCUT2D eigenvalue weighted by Gasteiger charge is -2.10. The molecule has 0 bridgehead atoms. The average molecular weight is 373 g/mol. The first-order valence-corrected chi connectivity index (χ1v) is 8.13. The zero-order valence-electron chi connectivity index (χ0n) is 14.3. The molecule has 2 aromatic rings. The zero-order chi connectivity index (χ0) is 19.6. The second-order valence-electron chi connectivity index (χ2n) is 6.06. The summed E-state index contributed by atoms with van der Waals surface area (Å²) in [4.78, 5) is 34.6. The SMILES string of the molecule is COc1ccc(C(=O)Nc2ccc(F)c(NC(=O)C3CC3)c2)cc1[N+](=O)[O-]. The van der Waals surface area contributed by atoms with Gasteiger partial charge in [0, 0.05) is 23.2 Å².